The summed E-state index contributed by atoms with van der Waals surface area (Å²) < 4.78 is 29.6. The van der Waals surface area contributed by atoms with Gasteiger partial charge in [0.1, 0.15) is 0 Å². The predicted octanol–water partition coefficient (Wildman–Crippen LogP) is 2.36. The molecule has 2 heterocycles. The third kappa shape index (κ3) is 4.30. The molecule has 2 aromatic rings. The van der Waals surface area contributed by atoms with E-state index in [1.807, 2.05) is 25.4 Å². The fraction of sp³-hybridized carbons (Fsp3) is 0.545. The van der Waals surface area contributed by atoms with Gasteiger partial charge in [-0.25, -0.2) is 8.42 Å². The fourth-order valence-electron chi connectivity index (χ4n) is 4.58. The van der Waals surface area contributed by atoms with Crippen LogP contribution in [0.5, 0.6) is 0 Å². The van der Waals surface area contributed by atoms with Gasteiger partial charge in [-0.2, -0.15) is 9.40 Å². The van der Waals surface area contributed by atoms with Gasteiger partial charge in [-0.05, 0) is 61.8 Å². The van der Waals surface area contributed by atoms with Crippen molar-refractivity contribution in [3.63, 3.8) is 0 Å². The first-order valence-electron chi connectivity index (χ1n) is 10.7. The number of sulfonamides is 1. The van der Waals surface area contributed by atoms with Gasteiger partial charge in [-0.15, -0.1) is 0 Å². The molecular weight excluding hydrogens is 400 g/mol. The lowest BCUT2D eigenvalue weighted by molar-refractivity contribution is -0.135. The Kier molecular flexibility index (Phi) is 5.97. The maximum atomic E-state index is 13.1. The van der Waals surface area contributed by atoms with Gasteiger partial charge in [0, 0.05) is 51.4 Å². The Morgan fingerprint density at radius 3 is 2.53 bits per heavy atom. The second-order valence-electron chi connectivity index (χ2n) is 8.53. The van der Waals surface area contributed by atoms with Crippen molar-refractivity contribution >= 4 is 15.9 Å². The standard InChI is InChI=1S/C22H30N4O3S/c1-24(15-17-14-23-25(2)16-17)22(27)19-9-11-26(12-10-19)30(28,29)21-8-7-18-5-3-4-6-20(18)13-21/h7-8,13-14,16,19H,3-6,9-12,15H2,1-2H3. The minimum atomic E-state index is -3.51. The van der Waals surface area contributed by atoms with Crippen LogP contribution in [0.4, 0.5) is 0 Å². The van der Waals surface area contributed by atoms with Gasteiger partial charge in [0.05, 0.1) is 11.1 Å². The zero-order valence-corrected chi connectivity index (χ0v) is 18.6. The first kappa shape index (κ1) is 21.1. The molecule has 0 bridgehead atoms. The van der Waals surface area contributed by atoms with Gasteiger partial charge >= 0.3 is 0 Å². The molecule has 1 aromatic heterocycles. The van der Waals surface area contributed by atoms with Crippen LogP contribution in [0.15, 0.2) is 35.5 Å². The number of benzene rings is 1. The highest BCUT2D eigenvalue weighted by molar-refractivity contribution is 7.89. The first-order valence-corrected chi connectivity index (χ1v) is 12.1. The Morgan fingerprint density at radius 2 is 1.87 bits per heavy atom. The topological polar surface area (TPSA) is 75.5 Å². The highest BCUT2D eigenvalue weighted by Gasteiger charge is 2.33. The van der Waals surface area contributed by atoms with Crippen LogP contribution in [0.3, 0.4) is 0 Å². The number of piperidine rings is 1. The highest BCUT2D eigenvalue weighted by atomic mass is 32.2. The number of fused-ring (bicyclic) bond motifs is 1. The SMILES string of the molecule is CN(Cc1cnn(C)c1)C(=O)C1CCN(S(=O)(=O)c2ccc3c(c2)CCCC3)CC1. The molecule has 0 atom stereocenters. The summed E-state index contributed by atoms with van der Waals surface area (Å²) in [5.41, 5.74) is 3.44. The minimum Gasteiger partial charge on any atom is -0.341 e. The third-order valence-corrected chi connectivity index (χ3v) is 8.21. The molecule has 0 saturated carbocycles. The van der Waals surface area contributed by atoms with Gasteiger partial charge in [0.2, 0.25) is 15.9 Å². The molecule has 30 heavy (non-hydrogen) atoms. The van der Waals surface area contributed by atoms with Crippen molar-refractivity contribution in [2.24, 2.45) is 13.0 Å². The van der Waals surface area contributed by atoms with E-state index in [0.717, 1.165) is 24.8 Å². The number of carbonyl (C=O) groups is 1. The molecule has 1 fully saturated rings. The van der Waals surface area contributed by atoms with Crippen LogP contribution in [0, 0.1) is 5.92 Å². The van der Waals surface area contributed by atoms with Crippen molar-refractivity contribution < 1.29 is 13.2 Å². The van der Waals surface area contributed by atoms with E-state index in [9.17, 15) is 13.2 Å². The van der Waals surface area contributed by atoms with E-state index in [1.54, 1.807) is 33.2 Å². The van der Waals surface area contributed by atoms with E-state index in [-0.39, 0.29) is 11.8 Å². The Balaban J connectivity index is 1.38. The van der Waals surface area contributed by atoms with E-state index >= 15 is 0 Å². The van der Waals surface area contributed by atoms with Crippen LogP contribution >= 0.6 is 0 Å². The van der Waals surface area contributed by atoms with Crippen molar-refractivity contribution in [2.45, 2.75) is 50.0 Å². The molecule has 7 nitrogen and oxygen atoms in total. The van der Waals surface area contributed by atoms with Crippen molar-refractivity contribution in [3.8, 4) is 0 Å². The van der Waals surface area contributed by atoms with E-state index in [1.165, 1.54) is 17.5 Å². The molecular formula is C22H30N4O3S. The van der Waals surface area contributed by atoms with Crippen molar-refractivity contribution in [3.05, 3.63) is 47.3 Å². The molecule has 162 valence electrons. The number of hydrogen-bond acceptors (Lipinski definition) is 4. The molecule has 0 spiro atoms. The second-order valence-corrected chi connectivity index (χ2v) is 10.5. The van der Waals surface area contributed by atoms with Crippen LogP contribution in [0.2, 0.25) is 0 Å². The van der Waals surface area contributed by atoms with Crippen LogP contribution in [0.1, 0.15) is 42.4 Å². The number of amides is 1. The lowest BCUT2D eigenvalue weighted by Gasteiger charge is -2.32. The van der Waals surface area contributed by atoms with Gasteiger partial charge in [-0.1, -0.05) is 6.07 Å². The average Bonchev–Trinajstić information content (AvgIpc) is 3.17. The maximum Gasteiger partial charge on any atom is 0.243 e. The lowest BCUT2D eigenvalue weighted by Crippen LogP contribution is -2.43. The van der Waals surface area contributed by atoms with E-state index in [4.69, 9.17) is 0 Å². The number of rotatable bonds is 5. The quantitative estimate of drug-likeness (QED) is 0.730. The summed E-state index contributed by atoms with van der Waals surface area (Å²) in [5, 5.41) is 4.14. The van der Waals surface area contributed by atoms with Crippen molar-refractivity contribution in [1.29, 1.82) is 0 Å². The van der Waals surface area contributed by atoms with E-state index in [0.29, 0.717) is 37.4 Å². The minimum absolute atomic E-state index is 0.0738. The molecule has 4 rings (SSSR count). The normalized spacial score (nSPS) is 18.2. The number of aromatic nitrogens is 2. The van der Waals surface area contributed by atoms with Crippen molar-refractivity contribution in [1.82, 2.24) is 19.0 Å². The smallest absolute Gasteiger partial charge is 0.243 e. The number of nitrogens with zero attached hydrogens (tertiary/aromatic N) is 4. The van der Waals surface area contributed by atoms with Crippen LogP contribution in [-0.4, -0.2) is 53.4 Å². The molecule has 0 N–H and O–H groups in total. The van der Waals surface area contributed by atoms with Crippen LogP contribution in [-0.2, 0) is 41.3 Å². The Hall–Kier alpha value is -2.19. The third-order valence-electron chi connectivity index (χ3n) is 6.32. The molecule has 2 aliphatic rings. The van der Waals surface area contributed by atoms with Gasteiger partial charge in [-0.3, -0.25) is 9.48 Å². The largest absolute Gasteiger partial charge is 0.341 e. The Bertz CT molecular complexity index is 1020. The summed E-state index contributed by atoms with van der Waals surface area (Å²) in [4.78, 5) is 14.9. The summed E-state index contributed by atoms with van der Waals surface area (Å²) in [6.07, 6.45) is 9.07. The molecule has 1 saturated heterocycles. The maximum absolute atomic E-state index is 13.1. The summed E-state index contributed by atoms with van der Waals surface area (Å²) in [7, 11) is 0.135. The average molecular weight is 431 g/mol. The van der Waals surface area contributed by atoms with E-state index < -0.39 is 10.0 Å². The number of hydrogen-bond donors (Lipinski definition) is 0. The fourth-order valence-corrected chi connectivity index (χ4v) is 6.10. The molecule has 0 radical (unpaired) electrons. The van der Waals surface area contributed by atoms with Crippen LogP contribution < -0.4 is 0 Å². The van der Waals surface area contributed by atoms with Gasteiger partial charge in [0.15, 0.2) is 0 Å². The molecule has 0 unspecified atom stereocenters. The zero-order valence-electron chi connectivity index (χ0n) is 17.7. The number of aryl methyl sites for hydroxylation is 3. The highest BCUT2D eigenvalue weighted by Crippen LogP contribution is 2.28. The molecule has 1 aromatic carbocycles. The monoisotopic (exact) mass is 430 g/mol. The number of carbonyl (C=O) groups excluding carboxylic acids is 1. The first-order chi connectivity index (χ1) is 14.3. The van der Waals surface area contributed by atoms with E-state index in [2.05, 4.69) is 5.10 Å². The second kappa shape index (κ2) is 8.51. The summed E-state index contributed by atoms with van der Waals surface area (Å²) in [6.45, 7) is 1.29. The molecule has 1 aliphatic heterocycles. The predicted molar refractivity (Wildman–Crippen MR) is 114 cm³/mol. The van der Waals surface area contributed by atoms with Crippen LogP contribution in [0.25, 0.3) is 0 Å². The summed E-state index contributed by atoms with van der Waals surface area (Å²) in [5.74, 6) is -0.0636. The zero-order chi connectivity index (χ0) is 21.3. The lowest BCUT2D eigenvalue weighted by atomic mass is 9.92. The Labute approximate surface area is 178 Å². The van der Waals surface area contributed by atoms with Crippen molar-refractivity contribution in [2.75, 3.05) is 20.1 Å². The summed E-state index contributed by atoms with van der Waals surface area (Å²) in [6, 6.07) is 5.59. The van der Waals surface area contributed by atoms with Gasteiger partial charge < -0.3 is 4.90 Å². The molecule has 1 aliphatic carbocycles. The molecule has 8 heteroatoms. The van der Waals surface area contributed by atoms with Gasteiger partial charge in [0.25, 0.3) is 0 Å². The summed E-state index contributed by atoms with van der Waals surface area (Å²) >= 11 is 0. The Morgan fingerprint density at radius 1 is 1.17 bits per heavy atom. The molecule has 1 amide bonds.